The lowest BCUT2D eigenvalue weighted by molar-refractivity contribution is -0.173. The number of furan rings is 1. The van der Waals surface area contributed by atoms with Crippen LogP contribution in [0.2, 0.25) is 0 Å². The molecule has 2 aliphatic heterocycles. The second-order valence-corrected chi connectivity index (χ2v) is 12.6. The highest BCUT2D eigenvalue weighted by atomic mass is 35.5. The molecule has 2 unspecified atom stereocenters. The Hall–Kier alpha value is -2.12. The van der Waals surface area contributed by atoms with Crippen LogP contribution < -0.4 is 0 Å². The number of fused-ring (bicyclic) bond motifs is 3. The SMILES string of the molecule is COC(=O)C[C@H]1C(C)(C)[C@]2(Cl)O[C@@]34CC2C(=O)[C@]1(C)C3CC[C@]1(C)C4=CC(=O)O[C@H]1c1ccoc1. The van der Waals surface area contributed by atoms with Crippen molar-refractivity contribution in [2.75, 3.05) is 7.11 Å². The van der Waals surface area contributed by atoms with Crippen LogP contribution in [0, 0.1) is 34.0 Å². The first kappa shape index (κ1) is 23.3. The largest absolute Gasteiger partial charge is 0.472 e. The average Bonchev–Trinajstić information content (AvgIpc) is 3.42. The van der Waals surface area contributed by atoms with E-state index in [4.69, 9.17) is 30.2 Å². The third-order valence-corrected chi connectivity index (χ3v) is 11.3. The van der Waals surface area contributed by atoms with Crippen LogP contribution in [-0.2, 0) is 28.6 Å². The quantitative estimate of drug-likeness (QED) is 0.435. The second kappa shape index (κ2) is 6.80. The number of cyclic esters (lactones) is 1. The zero-order valence-corrected chi connectivity index (χ0v) is 21.4. The summed E-state index contributed by atoms with van der Waals surface area (Å²) >= 11 is 7.37. The van der Waals surface area contributed by atoms with Crippen LogP contribution in [0.1, 0.15) is 65.0 Å². The molecule has 3 saturated carbocycles. The Morgan fingerprint density at radius 2 is 1.97 bits per heavy atom. The Bertz CT molecular complexity index is 1170. The number of carbonyl (C=O) groups is 3. The summed E-state index contributed by atoms with van der Waals surface area (Å²) < 4.78 is 23.2. The van der Waals surface area contributed by atoms with Crippen molar-refractivity contribution in [1.82, 2.24) is 0 Å². The van der Waals surface area contributed by atoms with Gasteiger partial charge in [0.25, 0.3) is 0 Å². The minimum Gasteiger partial charge on any atom is -0.472 e. The number of Topliss-reactive ketones (excluding diaryl/α,β-unsaturated/α-hetero) is 1. The summed E-state index contributed by atoms with van der Waals surface area (Å²) in [6.07, 6.45) is 6.11. The van der Waals surface area contributed by atoms with E-state index in [1.54, 1.807) is 18.6 Å². The molecular weight excluding hydrogens is 472 g/mol. The first-order valence-electron chi connectivity index (χ1n) is 12.3. The van der Waals surface area contributed by atoms with Gasteiger partial charge in [0.2, 0.25) is 0 Å². The van der Waals surface area contributed by atoms with E-state index in [9.17, 15) is 14.4 Å². The Morgan fingerprint density at radius 3 is 2.63 bits per heavy atom. The number of methoxy groups -OCH3 is 1. The molecule has 1 aromatic rings. The molecule has 1 saturated heterocycles. The summed E-state index contributed by atoms with van der Waals surface area (Å²) in [7, 11) is 1.36. The summed E-state index contributed by atoms with van der Waals surface area (Å²) in [5.41, 5.74) is -1.36. The lowest BCUT2D eigenvalue weighted by atomic mass is 9.39. The lowest BCUT2D eigenvalue weighted by Crippen LogP contribution is -2.68. The molecule has 3 bridgehead atoms. The molecule has 6 rings (SSSR count). The second-order valence-electron chi connectivity index (χ2n) is 12.0. The van der Waals surface area contributed by atoms with E-state index in [0.717, 1.165) is 11.1 Å². The first-order chi connectivity index (χ1) is 16.4. The molecule has 4 fully saturated rings. The molecule has 0 N–H and O–H groups in total. The molecule has 0 amide bonds. The van der Waals surface area contributed by atoms with Crippen LogP contribution in [0.15, 0.2) is 34.7 Å². The molecule has 3 aliphatic carbocycles. The van der Waals surface area contributed by atoms with Crippen molar-refractivity contribution in [3.8, 4) is 0 Å². The molecule has 1 aromatic heterocycles. The number of carbonyl (C=O) groups excluding carboxylic acids is 3. The Kier molecular flexibility index (Phi) is 4.52. The molecule has 8 heteroatoms. The number of esters is 2. The first-order valence-corrected chi connectivity index (χ1v) is 12.7. The van der Waals surface area contributed by atoms with Crippen molar-refractivity contribution in [3.05, 3.63) is 35.8 Å². The van der Waals surface area contributed by atoms with E-state index in [1.165, 1.54) is 7.11 Å². The molecule has 8 atom stereocenters. The Labute approximate surface area is 209 Å². The number of hydrogen-bond acceptors (Lipinski definition) is 7. The van der Waals surface area contributed by atoms with Gasteiger partial charge in [0.15, 0.2) is 5.06 Å². The van der Waals surface area contributed by atoms with Gasteiger partial charge < -0.3 is 18.6 Å². The van der Waals surface area contributed by atoms with Crippen molar-refractivity contribution in [3.63, 3.8) is 0 Å². The number of ketones is 1. The molecule has 1 spiro atoms. The van der Waals surface area contributed by atoms with Crippen molar-refractivity contribution >= 4 is 29.3 Å². The van der Waals surface area contributed by atoms with Crippen molar-refractivity contribution < 1.29 is 33.0 Å². The van der Waals surface area contributed by atoms with Crippen LogP contribution in [0.25, 0.3) is 0 Å². The fourth-order valence-electron chi connectivity index (χ4n) is 8.78. The third-order valence-electron chi connectivity index (χ3n) is 10.4. The number of halogens is 1. The fourth-order valence-corrected chi connectivity index (χ4v) is 9.23. The van der Waals surface area contributed by atoms with Crippen LogP contribution in [0.3, 0.4) is 0 Å². The fraction of sp³-hybridized carbons (Fsp3) is 0.667. The standard InChI is InChI=1S/C27H31ClO7/c1-23(2)17(10-19(29)32-5)25(4)16-6-8-24(3)18(11-20(30)34-22(24)14-7-9-33-13-14)26(16)12-15(21(25)31)27(23,28)35-26/h7,9,11,13,15-17,22H,6,8,10,12H2,1-5H3/t15?,16?,17-,22-,24+,25+,26-,27+/m0/s1. The van der Waals surface area contributed by atoms with E-state index in [0.29, 0.717) is 19.3 Å². The maximum atomic E-state index is 14.1. The van der Waals surface area contributed by atoms with Crippen LogP contribution >= 0.6 is 11.6 Å². The monoisotopic (exact) mass is 502 g/mol. The zero-order chi connectivity index (χ0) is 25.2. The Balaban J connectivity index is 1.56. The van der Waals surface area contributed by atoms with E-state index < -0.39 is 44.9 Å². The van der Waals surface area contributed by atoms with Gasteiger partial charge in [-0.05, 0) is 36.8 Å². The molecule has 188 valence electrons. The van der Waals surface area contributed by atoms with Gasteiger partial charge in [0, 0.05) is 40.2 Å². The number of rotatable bonds is 3. The van der Waals surface area contributed by atoms with Gasteiger partial charge in [0.1, 0.15) is 11.9 Å². The van der Waals surface area contributed by atoms with E-state index >= 15 is 0 Å². The van der Waals surface area contributed by atoms with Crippen LogP contribution in [-0.4, -0.2) is 35.5 Å². The predicted octanol–water partition coefficient (Wildman–Crippen LogP) is 4.74. The van der Waals surface area contributed by atoms with Gasteiger partial charge in [-0.25, -0.2) is 4.79 Å². The summed E-state index contributed by atoms with van der Waals surface area (Å²) in [6, 6.07) is 1.82. The predicted molar refractivity (Wildman–Crippen MR) is 124 cm³/mol. The topological polar surface area (TPSA) is 92.0 Å². The highest BCUT2D eigenvalue weighted by Gasteiger charge is 2.83. The van der Waals surface area contributed by atoms with Crippen LogP contribution in [0.4, 0.5) is 0 Å². The smallest absolute Gasteiger partial charge is 0.331 e. The van der Waals surface area contributed by atoms with Gasteiger partial charge in [-0.2, -0.15) is 0 Å². The summed E-state index contributed by atoms with van der Waals surface area (Å²) in [6.45, 7) is 8.08. The van der Waals surface area contributed by atoms with Gasteiger partial charge in [-0.1, -0.05) is 39.3 Å². The zero-order valence-electron chi connectivity index (χ0n) is 20.7. The van der Waals surface area contributed by atoms with Crippen molar-refractivity contribution in [1.29, 1.82) is 0 Å². The van der Waals surface area contributed by atoms with Gasteiger partial charge in [-0.3, -0.25) is 9.59 Å². The normalized spacial score (nSPS) is 47.0. The lowest BCUT2D eigenvalue weighted by Gasteiger charge is -2.63. The Morgan fingerprint density at radius 1 is 1.23 bits per heavy atom. The molecule has 7 nitrogen and oxygen atoms in total. The highest BCUT2D eigenvalue weighted by molar-refractivity contribution is 6.26. The van der Waals surface area contributed by atoms with E-state index in [2.05, 4.69) is 6.92 Å². The van der Waals surface area contributed by atoms with Crippen molar-refractivity contribution in [2.24, 2.45) is 34.0 Å². The van der Waals surface area contributed by atoms with Crippen LogP contribution in [0.5, 0.6) is 0 Å². The van der Waals surface area contributed by atoms with E-state index in [1.807, 2.05) is 26.8 Å². The number of hydrogen-bond donors (Lipinski definition) is 0. The minimum atomic E-state index is -1.30. The minimum absolute atomic E-state index is 0.0628. The van der Waals surface area contributed by atoms with Gasteiger partial charge in [-0.15, -0.1) is 0 Å². The molecule has 0 aromatic carbocycles. The maximum Gasteiger partial charge on any atom is 0.331 e. The van der Waals surface area contributed by atoms with E-state index in [-0.39, 0.29) is 30.0 Å². The third kappa shape index (κ3) is 2.49. The van der Waals surface area contributed by atoms with Gasteiger partial charge >= 0.3 is 11.9 Å². The maximum absolute atomic E-state index is 14.1. The molecule has 35 heavy (non-hydrogen) atoms. The number of alkyl halides is 1. The summed E-state index contributed by atoms with van der Waals surface area (Å²) in [5.74, 6) is -1.88. The summed E-state index contributed by atoms with van der Waals surface area (Å²) in [4.78, 5) is 39.6. The number of ether oxygens (including phenoxy) is 3. The molecule has 5 aliphatic rings. The molecular formula is C27H31ClO7. The highest BCUT2D eigenvalue weighted by Crippen LogP contribution is 2.79. The van der Waals surface area contributed by atoms with Gasteiger partial charge in [0.05, 0.1) is 31.2 Å². The van der Waals surface area contributed by atoms with Crippen molar-refractivity contribution in [2.45, 2.75) is 70.1 Å². The molecule has 0 radical (unpaired) electrons. The molecule has 3 heterocycles. The summed E-state index contributed by atoms with van der Waals surface area (Å²) in [5, 5.41) is -1.30. The average molecular weight is 503 g/mol.